The fraction of sp³-hybridized carbons (Fsp3) is 0.455. The minimum absolute atomic E-state index is 0.0292. The van der Waals surface area contributed by atoms with Gasteiger partial charge in [0.05, 0.1) is 9.82 Å². The average Bonchev–Trinajstić information content (AvgIpc) is 2.73. The van der Waals surface area contributed by atoms with Crippen LogP contribution in [0.2, 0.25) is 0 Å². The van der Waals surface area contributed by atoms with E-state index in [4.69, 9.17) is 15.6 Å². The molecule has 1 aliphatic rings. The topological polar surface area (TPSA) is 139 Å². The summed E-state index contributed by atoms with van der Waals surface area (Å²) in [6, 6.07) is 3.37. The zero-order valence-electron chi connectivity index (χ0n) is 10.6. The van der Waals surface area contributed by atoms with E-state index in [-0.39, 0.29) is 22.8 Å². The highest BCUT2D eigenvalue weighted by Gasteiger charge is 2.27. The normalized spacial score (nSPS) is 22.7. The molecule has 0 aliphatic heterocycles. The maximum Gasteiger partial charge on any atom is 0.312 e. The molecule has 1 aromatic rings. The minimum Gasteiger partial charge on any atom is -0.483 e. The predicted octanol–water partition coefficient (Wildman–Crippen LogP) is 0.501. The molecule has 0 bridgehead atoms. The first kappa shape index (κ1) is 14.7. The Morgan fingerprint density at radius 2 is 2.05 bits per heavy atom. The first-order valence-electron chi connectivity index (χ1n) is 6.01. The Balaban J connectivity index is 2.31. The van der Waals surface area contributed by atoms with Crippen LogP contribution < -0.4 is 15.6 Å². The fourth-order valence-electron chi connectivity index (χ4n) is 2.18. The van der Waals surface area contributed by atoms with Crippen molar-refractivity contribution >= 4 is 15.7 Å². The number of rotatable bonds is 4. The third kappa shape index (κ3) is 3.24. The van der Waals surface area contributed by atoms with Crippen molar-refractivity contribution in [2.45, 2.75) is 36.3 Å². The highest BCUT2D eigenvalue weighted by atomic mass is 32.2. The molecule has 110 valence electrons. The number of primary sulfonamides is 1. The third-order valence-electron chi connectivity index (χ3n) is 3.17. The molecule has 0 aromatic heterocycles. The van der Waals surface area contributed by atoms with Gasteiger partial charge in [-0.1, -0.05) is 0 Å². The third-order valence-corrected chi connectivity index (χ3v) is 4.09. The zero-order valence-corrected chi connectivity index (χ0v) is 11.4. The molecule has 8 nitrogen and oxygen atoms in total. The van der Waals surface area contributed by atoms with Crippen molar-refractivity contribution in [3.63, 3.8) is 0 Å². The number of nitrogens with zero attached hydrogens (tertiary/aromatic N) is 1. The van der Waals surface area contributed by atoms with Crippen molar-refractivity contribution in [1.29, 1.82) is 0 Å². The maximum absolute atomic E-state index is 11.2. The molecular formula is C11H15N3O5S. The second kappa shape index (κ2) is 5.35. The van der Waals surface area contributed by atoms with Gasteiger partial charge < -0.3 is 10.5 Å². The maximum atomic E-state index is 11.2. The van der Waals surface area contributed by atoms with Gasteiger partial charge in [-0.15, -0.1) is 0 Å². The quantitative estimate of drug-likeness (QED) is 0.613. The van der Waals surface area contributed by atoms with Gasteiger partial charge in [0.1, 0.15) is 6.10 Å². The van der Waals surface area contributed by atoms with Crippen LogP contribution in [0.1, 0.15) is 19.3 Å². The molecular weight excluding hydrogens is 286 g/mol. The van der Waals surface area contributed by atoms with Crippen LogP contribution >= 0.6 is 0 Å². The fourth-order valence-corrected chi connectivity index (χ4v) is 2.71. The van der Waals surface area contributed by atoms with Gasteiger partial charge in [0, 0.05) is 12.1 Å². The monoisotopic (exact) mass is 301 g/mol. The average molecular weight is 301 g/mol. The molecule has 2 atom stereocenters. The van der Waals surface area contributed by atoms with Crippen molar-refractivity contribution in [2.24, 2.45) is 10.9 Å². The molecule has 9 heteroatoms. The first-order valence-corrected chi connectivity index (χ1v) is 7.55. The highest BCUT2D eigenvalue weighted by Crippen LogP contribution is 2.32. The summed E-state index contributed by atoms with van der Waals surface area (Å²) < 4.78 is 28.0. The zero-order chi connectivity index (χ0) is 14.9. The van der Waals surface area contributed by atoms with E-state index in [0.717, 1.165) is 18.9 Å². The van der Waals surface area contributed by atoms with Gasteiger partial charge in [-0.3, -0.25) is 10.1 Å². The van der Waals surface area contributed by atoms with Crippen LogP contribution in [0.25, 0.3) is 0 Å². The molecule has 0 radical (unpaired) electrons. The Morgan fingerprint density at radius 1 is 1.35 bits per heavy atom. The van der Waals surface area contributed by atoms with Gasteiger partial charge >= 0.3 is 5.69 Å². The number of nitro benzene ring substituents is 1. The summed E-state index contributed by atoms with van der Waals surface area (Å²) in [5.41, 5.74) is 5.33. The Hall–Kier alpha value is -1.71. The summed E-state index contributed by atoms with van der Waals surface area (Å²) in [6.45, 7) is 0. The van der Waals surface area contributed by atoms with E-state index in [2.05, 4.69) is 0 Å². The molecule has 0 heterocycles. The summed E-state index contributed by atoms with van der Waals surface area (Å²) in [4.78, 5) is 9.99. The molecule has 0 spiro atoms. The molecule has 1 saturated carbocycles. The Morgan fingerprint density at radius 3 is 2.55 bits per heavy atom. The van der Waals surface area contributed by atoms with Gasteiger partial charge in [-0.2, -0.15) is 0 Å². The number of ether oxygens (including phenoxy) is 1. The van der Waals surface area contributed by atoms with Crippen LogP contribution in [0.3, 0.4) is 0 Å². The Kier molecular flexibility index (Phi) is 3.93. The molecule has 0 amide bonds. The highest BCUT2D eigenvalue weighted by molar-refractivity contribution is 7.89. The van der Waals surface area contributed by atoms with Crippen LogP contribution in [0, 0.1) is 10.1 Å². The Bertz CT molecular complexity index is 631. The van der Waals surface area contributed by atoms with Gasteiger partial charge in [-0.25, -0.2) is 13.6 Å². The van der Waals surface area contributed by atoms with Crippen molar-refractivity contribution in [2.75, 3.05) is 0 Å². The van der Waals surface area contributed by atoms with Crippen molar-refractivity contribution < 1.29 is 18.1 Å². The van der Waals surface area contributed by atoms with Crippen molar-refractivity contribution in [3.8, 4) is 5.75 Å². The summed E-state index contributed by atoms with van der Waals surface area (Å²) >= 11 is 0. The first-order chi connectivity index (χ1) is 9.27. The van der Waals surface area contributed by atoms with Gasteiger partial charge in [0.15, 0.2) is 5.75 Å². The van der Waals surface area contributed by atoms with E-state index in [1.807, 2.05) is 0 Å². The minimum atomic E-state index is -3.99. The van der Waals surface area contributed by atoms with Gasteiger partial charge in [-0.05, 0) is 31.4 Å². The number of hydrogen-bond acceptors (Lipinski definition) is 6. The van der Waals surface area contributed by atoms with E-state index in [9.17, 15) is 18.5 Å². The van der Waals surface area contributed by atoms with Crippen LogP contribution in [-0.4, -0.2) is 25.5 Å². The standard InChI is InChI=1S/C11H15N3O5S/c12-7-1-2-8(5-7)19-11-4-3-9(20(13,17)18)6-10(11)14(15)16/h3-4,6-8H,1-2,5,12H2,(H2,13,17,18). The molecule has 2 rings (SSSR count). The number of hydrogen-bond donors (Lipinski definition) is 2. The second-order valence-corrected chi connectivity index (χ2v) is 6.31. The number of nitrogens with two attached hydrogens (primary N) is 2. The lowest BCUT2D eigenvalue weighted by Gasteiger charge is -2.13. The smallest absolute Gasteiger partial charge is 0.312 e. The van der Waals surface area contributed by atoms with E-state index in [1.165, 1.54) is 12.1 Å². The predicted molar refractivity (Wildman–Crippen MR) is 70.7 cm³/mol. The number of sulfonamides is 1. The van der Waals surface area contributed by atoms with Crippen molar-refractivity contribution in [3.05, 3.63) is 28.3 Å². The molecule has 4 N–H and O–H groups in total. The molecule has 0 saturated heterocycles. The van der Waals surface area contributed by atoms with Crippen LogP contribution in [0.5, 0.6) is 5.75 Å². The molecule has 2 unspecified atom stereocenters. The van der Waals surface area contributed by atoms with Crippen LogP contribution in [0.4, 0.5) is 5.69 Å². The van der Waals surface area contributed by atoms with E-state index in [1.54, 1.807) is 0 Å². The molecule has 1 aromatic carbocycles. The Labute approximate surface area is 115 Å². The number of nitro groups is 1. The lowest BCUT2D eigenvalue weighted by Crippen LogP contribution is -2.19. The molecule has 20 heavy (non-hydrogen) atoms. The van der Waals surface area contributed by atoms with Crippen LogP contribution in [0.15, 0.2) is 23.1 Å². The van der Waals surface area contributed by atoms with E-state index >= 15 is 0 Å². The number of benzene rings is 1. The van der Waals surface area contributed by atoms with Gasteiger partial charge in [0.25, 0.3) is 0 Å². The van der Waals surface area contributed by atoms with Crippen molar-refractivity contribution in [1.82, 2.24) is 0 Å². The molecule has 1 fully saturated rings. The van der Waals surface area contributed by atoms with Gasteiger partial charge in [0.2, 0.25) is 10.0 Å². The SMILES string of the molecule is NC1CCC(Oc2ccc(S(N)(=O)=O)cc2[N+](=O)[O-])C1. The van der Waals surface area contributed by atoms with Crippen LogP contribution in [-0.2, 0) is 10.0 Å². The lowest BCUT2D eigenvalue weighted by atomic mass is 10.2. The second-order valence-electron chi connectivity index (χ2n) is 4.74. The van der Waals surface area contributed by atoms with E-state index < -0.39 is 20.6 Å². The summed E-state index contributed by atoms with van der Waals surface area (Å²) in [6.07, 6.45) is 1.95. The summed E-state index contributed by atoms with van der Waals surface area (Å²) in [5.74, 6) is 0.0292. The summed E-state index contributed by atoms with van der Waals surface area (Å²) in [7, 11) is -3.99. The largest absolute Gasteiger partial charge is 0.483 e. The lowest BCUT2D eigenvalue weighted by molar-refractivity contribution is -0.386. The molecule has 1 aliphatic carbocycles. The van der Waals surface area contributed by atoms with E-state index in [0.29, 0.717) is 6.42 Å². The summed E-state index contributed by atoms with van der Waals surface area (Å²) in [5, 5.41) is 16.0.